The molecule has 0 aliphatic carbocycles. The van der Waals surface area contributed by atoms with Gasteiger partial charge in [-0.25, -0.2) is 4.79 Å². The first-order valence-corrected chi connectivity index (χ1v) is 6.19. The summed E-state index contributed by atoms with van der Waals surface area (Å²) in [6.45, 7) is 6.17. The Morgan fingerprint density at radius 2 is 1.72 bits per heavy atom. The number of nitrogens with one attached hydrogen (secondary N) is 2. The molecule has 0 unspecified atom stereocenters. The fourth-order valence-electron chi connectivity index (χ4n) is 1.17. The molecule has 18 heavy (non-hydrogen) atoms. The fourth-order valence-corrected chi connectivity index (χ4v) is 1.17. The van der Waals surface area contributed by atoms with E-state index in [1.807, 2.05) is 0 Å². The fraction of sp³-hybridized carbons (Fsp3) is 0.833. The molecule has 0 saturated carbocycles. The lowest BCUT2D eigenvalue weighted by Crippen LogP contribution is -2.37. The van der Waals surface area contributed by atoms with E-state index in [0.717, 1.165) is 0 Å². The zero-order chi connectivity index (χ0) is 14.0. The summed E-state index contributed by atoms with van der Waals surface area (Å²) in [5, 5.41) is 13.8. The topological polar surface area (TPSA) is 87.7 Å². The molecule has 0 atom stereocenters. The van der Waals surface area contributed by atoms with E-state index in [9.17, 15) is 9.59 Å². The Labute approximate surface area is 108 Å². The van der Waals surface area contributed by atoms with Crippen LogP contribution in [-0.4, -0.2) is 42.4 Å². The van der Waals surface area contributed by atoms with Crippen molar-refractivity contribution in [1.29, 1.82) is 0 Å². The van der Waals surface area contributed by atoms with Gasteiger partial charge in [-0.3, -0.25) is 4.79 Å². The van der Waals surface area contributed by atoms with Gasteiger partial charge in [0, 0.05) is 26.1 Å². The first-order chi connectivity index (χ1) is 8.35. The van der Waals surface area contributed by atoms with E-state index in [-0.39, 0.29) is 12.5 Å². The van der Waals surface area contributed by atoms with Crippen LogP contribution in [0.2, 0.25) is 0 Å². The van der Waals surface area contributed by atoms with Gasteiger partial charge in [0.25, 0.3) is 0 Å². The van der Waals surface area contributed by atoms with Gasteiger partial charge in [0.15, 0.2) is 0 Å². The second kappa shape index (κ2) is 8.74. The zero-order valence-corrected chi connectivity index (χ0v) is 11.4. The van der Waals surface area contributed by atoms with Gasteiger partial charge >= 0.3 is 6.09 Å². The van der Waals surface area contributed by atoms with Crippen LogP contribution in [0.1, 0.15) is 40.0 Å². The second-order valence-corrected chi connectivity index (χ2v) is 4.96. The number of amides is 2. The SMILES string of the molecule is CC(C)(C)OC(=O)NCCNC(=O)CCCCO. The van der Waals surface area contributed by atoms with Crippen molar-refractivity contribution in [3.8, 4) is 0 Å². The smallest absolute Gasteiger partial charge is 0.407 e. The normalized spacial score (nSPS) is 10.9. The van der Waals surface area contributed by atoms with Crippen molar-refractivity contribution in [2.45, 2.75) is 45.6 Å². The molecule has 106 valence electrons. The summed E-state index contributed by atoms with van der Waals surface area (Å²) in [5.41, 5.74) is -0.516. The zero-order valence-electron chi connectivity index (χ0n) is 11.4. The minimum Gasteiger partial charge on any atom is -0.444 e. The van der Waals surface area contributed by atoms with Gasteiger partial charge in [-0.2, -0.15) is 0 Å². The Bertz CT molecular complexity index is 261. The molecule has 0 aromatic carbocycles. The number of aliphatic hydroxyl groups is 1. The molecule has 0 heterocycles. The van der Waals surface area contributed by atoms with Gasteiger partial charge in [0.05, 0.1) is 0 Å². The second-order valence-electron chi connectivity index (χ2n) is 4.96. The molecule has 0 bridgehead atoms. The summed E-state index contributed by atoms with van der Waals surface area (Å²) in [7, 11) is 0. The van der Waals surface area contributed by atoms with E-state index < -0.39 is 11.7 Å². The summed E-state index contributed by atoms with van der Waals surface area (Å²) in [6, 6.07) is 0. The number of ether oxygens (including phenoxy) is 1. The maximum atomic E-state index is 11.3. The molecular weight excluding hydrogens is 236 g/mol. The Kier molecular flexibility index (Phi) is 8.11. The van der Waals surface area contributed by atoms with Crippen molar-refractivity contribution >= 4 is 12.0 Å². The van der Waals surface area contributed by atoms with Crippen LogP contribution in [0.15, 0.2) is 0 Å². The number of carbonyl (C=O) groups excluding carboxylic acids is 2. The van der Waals surface area contributed by atoms with Crippen molar-refractivity contribution in [1.82, 2.24) is 10.6 Å². The highest BCUT2D eigenvalue weighted by atomic mass is 16.6. The number of hydrogen-bond acceptors (Lipinski definition) is 4. The van der Waals surface area contributed by atoms with Crippen molar-refractivity contribution < 1.29 is 19.4 Å². The van der Waals surface area contributed by atoms with E-state index in [4.69, 9.17) is 9.84 Å². The van der Waals surface area contributed by atoms with Crippen LogP contribution < -0.4 is 10.6 Å². The Morgan fingerprint density at radius 3 is 2.28 bits per heavy atom. The van der Waals surface area contributed by atoms with E-state index in [1.54, 1.807) is 20.8 Å². The number of carbonyl (C=O) groups is 2. The average Bonchev–Trinajstić information content (AvgIpc) is 2.22. The average molecular weight is 260 g/mol. The summed E-state index contributed by atoms with van der Waals surface area (Å²) in [5.74, 6) is -0.0746. The van der Waals surface area contributed by atoms with Crippen LogP contribution in [0.5, 0.6) is 0 Å². The first kappa shape index (κ1) is 16.7. The lowest BCUT2D eigenvalue weighted by Gasteiger charge is -2.19. The van der Waals surface area contributed by atoms with Crippen LogP contribution in [0, 0.1) is 0 Å². The molecule has 0 fully saturated rings. The molecule has 6 nitrogen and oxygen atoms in total. The van der Waals surface area contributed by atoms with Crippen molar-refractivity contribution in [2.75, 3.05) is 19.7 Å². The monoisotopic (exact) mass is 260 g/mol. The van der Waals surface area contributed by atoms with Crippen LogP contribution in [-0.2, 0) is 9.53 Å². The van der Waals surface area contributed by atoms with Crippen molar-refractivity contribution in [2.24, 2.45) is 0 Å². The molecule has 0 saturated heterocycles. The predicted octanol–water partition coefficient (Wildman–Crippen LogP) is 0.790. The van der Waals surface area contributed by atoms with Gasteiger partial charge in [-0.15, -0.1) is 0 Å². The van der Waals surface area contributed by atoms with Crippen LogP contribution in [0.3, 0.4) is 0 Å². The van der Waals surface area contributed by atoms with Gasteiger partial charge in [0.1, 0.15) is 5.60 Å². The first-order valence-electron chi connectivity index (χ1n) is 6.19. The number of hydrogen-bond donors (Lipinski definition) is 3. The summed E-state index contributed by atoms with van der Waals surface area (Å²) < 4.78 is 5.03. The minimum atomic E-state index is -0.516. The molecule has 6 heteroatoms. The summed E-state index contributed by atoms with van der Waals surface area (Å²) >= 11 is 0. The van der Waals surface area contributed by atoms with E-state index in [1.165, 1.54) is 0 Å². The molecule has 0 aromatic rings. The minimum absolute atomic E-state index is 0.0746. The molecule has 0 aliphatic rings. The summed E-state index contributed by atoms with van der Waals surface area (Å²) in [4.78, 5) is 22.5. The molecular formula is C12H24N2O4. The number of aliphatic hydroxyl groups excluding tert-OH is 1. The van der Waals surface area contributed by atoms with Crippen molar-refractivity contribution in [3.05, 3.63) is 0 Å². The van der Waals surface area contributed by atoms with E-state index >= 15 is 0 Å². The molecule has 0 aromatic heterocycles. The Balaban J connectivity index is 3.50. The van der Waals surface area contributed by atoms with Gasteiger partial charge in [-0.1, -0.05) is 0 Å². The Hall–Kier alpha value is -1.30. The third-order valence-corrected chi connectivity index (χ3v) is 1.93. The van der Waals surface area contributed by atoms with Gasteiger partial charge in [0.2, 0.25) is 5.91 Å². The number of rotatable bonds is 7. The molecule has 2 amide bonds. The third kappa shape index (κ3) is 11.2. The summed E-state index contributed by atoms with van der Waals surface area (Å²) in [6.07, 6.45) is 1.20. The van der Waals surface area contributed by atoms with Gasteiger partial charge in [-0.05, 0) is 33.6 Å². The number of unbranched alkanes of at least 4 members (excludes halogenated alkanes) is 1. The highest BCUT2D eigenvalue weighted by molar-refractivity contribution is 5.75. The Morgan fingerprint density at radius 1 is 1.11 bits per heavy atom. The van der Waals surface area contributed by atoms with E-state index in [0.29, 0.717) is 32.4 Å². The largest absolute Gasteiger partial charge is 0.444 e. The van der Waals surface area contributed by atoms with E-state index in [2.05, 4.69) is 10.6 Å². The predicted molar refractivity (Wildman–Crippen MR) is 68.2 cm³/mol. The highest BCUT2D eigenvalue weighted by Crippen LogP contribution is 2.05. The standard InChI is InChI=1S/C12H24N2O4/c1-12(2,3)18-11(17)14-8-7-13-10(16)6-4-5-9-15/h15H,4-9H2,1-3H3,(H,13,16)(H,14,17). The lowest BCUT2D eigenvalue weighted by molar-refractivity contribution is -0.121. The van der Waals surface area contributed by atoms with Crippen molar-refractivity contribution in [3.63, 3.8) is 0 Å². The number of alkyl carbamates (subject to hydrolysis) is 1. The highest BCUT2D eigenvalue weighted by Gasteiger charge is 2.15. The van der Waals surface area contributed by atoms with Crippen LogP contribution >= 0.6 is 0 Å². The molecule has 0 radical (unpaired) electrons. The third-order valence-electron chi connectivity index (χ3n) is 1.93. The molecule has 0 aliphatic heterocycles. The molecule has 0 rings (SSSR count). The lowest BCUT2D eigenvalue weighted by atomic mass is 10.2. The van der Waals surface area contributed by atoms with Crippen LogP contribution in [0.4, 0.5) is 4.79 Å². The maximum absolute atomic E-state index is 11.3. The molecule has 3 N–H and O–H groups in total. The quantitative estimate of drug-likeness (QED) is 0.591. The molecule has 0 spiro atoms. The van der Waals surface area contributed by atoms with Crippen LogP contribution in [0.25, 0.3) is 0 Å². The maximum Gasteiger partial charge on any atom is 0.407 e. The van der Waals surface area contributed by atoms with Gasteiger partial charge < -0.3 is 20.5 Å².